The van der Waals surface area contributed by atoms with Crippen LogP contribution in [0.2, 0.25) is 59.4 Å². The van der Waals surface area contributed by atoms with Gasteiger partial charge in [-0.3, -0.25) is 0 Å². The summed E-state index contributed by atoms with van der Waals surface area (Å²) in [5, 5.41) is 6.46. The van der Waals surface area contributed by atoms with Gasteiger partial charge < -0.3 is 0 Å². The maximum absolute atomic E-state index is 7.24. The van der Waals surface area contributed by atoms with Crippen molar-refractivity contribution in [2.24, 2.45) is 5.92 Å². The molecule has 2 atom stereocenters. The van der Waals surface area contributed by atoms with Crippen molar-refractivity contribution in [2.75, 3.05) is 0 Å². The second-order valence-electron chi connectivity index (χ2n) is 17.2. The van der Waals surface area contributed by atoms with Crippen molar-refractivity contribution in [1.82, 2.24) is 0 Å². The summed E-state index contributed by atoms with van der Waals surface area (Å²) < 4.78 is 1.29. The van der Waals surface area contributed by atoms with Crippen molar-refractivity contribution >= 4 is 109 Å². The molecule has 0 amide bonds. The molecule has 0 radical (unpaired) electrons. The van der Waals surface area contributed by atoms with E-state index in [0.29, 0.717) is 0 Å². The Kier molecular flexibility index (Phi) is 11.9. The fraction of sp³-hybridized carbons (Fsp3) is 0.357. The SMILES string of the molecule is CCC1[C]([Hf]([Cl])[Cl])=c2c(cc(=[SiH2])c(C3=C(C)C=C4C3=CC=CCC4c3cc(Cl)c([Si](C)(C)C)c(Cl)c3)c2-c2cc(Cl)c([Si](C)(C)C)c(Cl)c2)C1(C)C. The molecular weight excluding hydrogens is 980 g/mol. The van der Waals surface area contributed by atoms with Gasteiger partial charge in [0.25, 0.3) is 0 Å². The molecule has 0 nitrogen and oxygen atoms in total. The normalized spacial score (nSPS) is 19.8. The predicted octanol–water partition coefficient (Wildman–Crippen LogP) is 12.7. The Balaban J connectivity index is 1.66. The van der Waals surface area contributed by atoms with Gasteiger partial charge in [-0.1, -0.05) is 19.6 Å². The van der Waals surface area contributed by atoms with E-state index in [2.05, 4.69) is 122 Å². The van der Waals surface area contributed by atoms with Gasteiger partial charge in [0.2, 0.25) is 0 Å². The van der Waals surface area contributed by atoms with Crippen LogP contribution in [0.15, 0.2) is 71.4 Å². The summed E-state index contributed by atoms with van der Waals surface area (Å²) in [4.78, 5) is 1.25. The van der Waals surface area contributed by atoms with Crippen LogP contribution in [0.3, 0.4) is 0 Å². The maximum atomic E-state index is 7.24. The summed E-state index contributed by atoms with van der Waals surface area (Å²) in [6.07, 6.45) is 11.0. The van der Waals surface area contributed by atoms with Crippen LogP contribution < -0.4 is 15.6 Å². The quantitative estimate of drug-likeness (QED) is 0.207. The van der Waals surface area contributed by atoms with Gasteiger partial charge in [0.1, 0.15) is 0 Å². The molecule has 52 heavy (non-hydrogen) atoms. The van der Waals surface area contributed by atoms with E-state index in [0.717, 1.165) is 60.0 Å². The zero-order valence-corrected chi connectivity index (χ0v) is 43.3. The number of fused-ring (bicyclic) bond motifs is 2. The Morgan fingerprint density at radius 1 is 0.827 bits per heavy atom. The van der Waals surface area contributed by atoms with Crippen LogP contribution in [0.25, 0.3) is 20.0 Å². The van der Waals surface area contributed by atoms with Crippen molar-refractivity contribution in [3.63, 3.8) is 0 Å². The molecule has 0 heterocycles. The van der Waals surface area contributed by atoms with Gasteiger partial charge in [0.05, 0.1) is 8.07 Å². The van der Waals surface area contributed by atoms with E-state index in [9.17, 15) is 0 Å². The first kappa shape index (κ1) is 41.4. The molecule has 2 unspecified atom stereocenters. The third-order valence-corrected chi connectivity index (χ3v) is 24.7. The van der Waals surface area contributed by atoms with Crippen molar-refractivity contribution in [3.8, 4) is 11.1 Å². The predicted molar refractivity (Wildman–Crippen MR) is 239 cm³/mol. The van der Waals surface area contributed by atoms with Crippen LogP contribution in [-0.2, 0) is 24.5 Å². The van der Waals surface area contributed by atoms with Gasteiger partial charge >= 0.3 is 327 Å². The van der Waals surface area contributed by atoms with Gasteiger partial charge in [0, 0.05) is 0 Å². The van der Waals surface area contributed by atoms with Gasteiger partial charge in [-0.2, -0.15) is 0 Å². The summed E-state index contributed by atoms with van der Waals surface area (Å²) in [6.45, 7) is 23.0. The van der Waals surface area contributed by atoms with E-state index in [1.807, 2.05) is 9.85 Å². The van der Waals surface area contributed by atoms with Gasteiger partial charge in [-0.15, -0.1) is 0 Å². The summed E-state index contributed by atoms with van der Waals surface area (Å²) >= 11 is 25.4. The summed E-state index contributed by atoms with van der Waals surface area (Å²) in [7, 11) is 12.8. The Morgan fingerprint density at radius 2 is 1.37 bits per heavy atom. The van der Waals surface area contributed by atoms with Gasteiger partial charge in [-0.05, 0) is 0 Å². The van der Waals surface area contributed by atoms with E-state index >= 15 is 0 Å². The molecule has 0 bridgehead atoms. The average molecular weight is 1030 g/mol. The van der Waals surface area contributed by atoms with Crippen LogP contribution >= 0.6 is 63.6 Å². The van der Waals surface area contributed by atoms with E-state index < -0.39 is 35.2 Å². The molecule has 0 spiro atoms. The Morgan fingerprint density at radius 3 is 1.87 bits per heavy atom. The zero-order chi connectivity index (χ0) is 38.4. The second kappa shape index (κ2) is 14.9. The number of hydrogen-bond acceptors (Lipinski definition) is 0. The Hall–Kier alpha value is -0.249. The fourth-order valence-corrected chi connectivity index (χ4v) is 25.5. The monoisotopic (exact) mass is 1030 g/mol. The molecule has 0 aromatic heterocycles. The van der Waals surface area contributed by atoms with Crippen LogP contribution in [0.5, 0.6) is 0 Å². The molecule has 3 aliphatic carbocycles. The molecule has 10 heteroatoms. The first-order valence-corrected chi connectivity index (χ1v) is 37.9. The van der Waals surface area contributed by atoms with Crippen molar-refractivity contribution in [1.29, 1.82) is 0 Å². The van der Waals surface area contributed by atoms with Crippen molar-refractivity contribution in [2.45, 2.75) is 91.2 Å². The molecule has 0 aliphatic heterocycles. The summed E-state index contributed by atoms with van der Waals surface area (Å²) in [5.41, 5.74) is 10.7. The molecule has 3 aromatic rings. The molecule has 3 aromatic carbocycles. The molecule has 273 valence electrons. The van der Waals surface area contributed by atoms with E-state index in [1.54, 1.807) is 0 Å². The van der Waals surface area contributed by atoms with Crippen molar-refractivity contribution < 1.29 is 19.1 Å². The Labute approximate surface area is 350 Å². The van der Waals surface area contributed by atoms with Crippen LogP contribution in [0, 0.1) is 10.7 Å². The molecule has 0 saturated heterocycles. The first-order chi connectivity index (χ1) is 24.1. The molecule has 0 N–H and O–H groups in total. The number of hydrogen-bond donors (Lipinski definition) is 0. The average Bonchev–Trinajstić information content (AvgIpc) is 3.32. The van der Waals surface area contributed by atoms with Gasteiger partial charge in [0.15, 0.2) is 0 Å². The van der Waals surface area contributed by atoms with Crippen LogP contribution in [-0.4, -0.2) is 26.0 Å². The Bertz CT molecular complexity index is 2220. The van der Waals surface area contributed by atoms with Gasteiger partial charge in [-0.25, -0.2) is 0 Å². The third-order valence-electron chi connectivity index (χ3n) is 11.2. The summed E-state index contributed by atoms with van der Waals surface area (Å²) in [6, 6.07) is 11.1. The molecule has 0 saturated carbocycles. The van der Waals surface area contributed by atoms with E-state index in [4.69, 9.17) is 63.6 Å². The molecule has 3 aliphatic rings. The van der Waals surface area contributed by atoms with E-state index in [1.165, 1.54) is 46.8 Å². The number of halogens is 6. The minimum absolute atomic E-state index is 0.0978. The third kappa shape index (κ3) is 7.13. The standard InChI is InChI=1S/C42H47Cl4Si3.2ClH.Hf/c1-11-26-21-30-31(42(26,3)4)22-36(47)39(38(30)25-19-34(45)41(35(46)20-25)49(8,9)10)37-23(2)16-29-27(14-12-13-15-28(29)37)24-17-32(43)40(33(44)18-24)48(5,6)7;;;/h12-13,15-20,22,26-27H,11,14,47H2,1-10H3;2*1H;/q;;;+2/p-2. The molecular formula is C42H47Cl6HfSi3. The topological polar surface area (TPSA) is 0 Å². The first-order valence-electron chi connectivity index (χ1n) is 18.0. The van der Waals surface area contributed by atoms with Crippen LogP contribution in [0.1, 0.15) is 63.1 Å². The fourth-order valence-electron chi connectivity index (χ4n) is 9.07. The van der Waals surface area contributed by atoms with Crippen molar-refractivity contribution in [3.05, 3.63) is 118 Å². The molecule has 6 rings (SSSR count). The minimum atomic E-state index is -3.18. The molecule has 0 fully saturated rings. The zero-order valence-electron chi connectivity index (χ0n) is 31.7. The summed E-state index contributed by atoms with van der Waals surface area (Å²) in [5.74, 6) is 0.370. The number of rotatable bonds is 7. The van der Waals surface area contributed by atoms with Crippen LogP contribution in [0.4, 0.5) is 0 Å². The number of benzene rings is 3. The second-order valence-corrected chi connectivity index (χ2v) is 41.2. The van der Waals surface area contributed by atoms with E-state index in [-0.39, 0.29) is 17.3 Å². The number of allylic oxidation sites excluding steroid dienone is 8.